The molecular weight excluding hydrogens is 419 g/mol. The van der Waals surface area contributed by atoms with Gasteiger partial charge in [0.15, 0.2) is 0 Å². The van der Waals surface area contributed by atoms with E-state index >= 15 is 0 Å². The molecule has 0 aliphatic rings. The first kappa shape index (κ1) is 20.6. The SMILES string of the molecule is CCC(NC(=O)c1cncc2c1cnn2-c1ccc(F)cc1)c1nc(C(=O)NC)cs1. The Kier molecular flexibility index (Phi) is 5.72. The lowest BCUT2D eigenvalue weighted by molar-refractivity contribution is 0.0936. The Morgan fingerprint density at radius 3 is 2.65 bits per heavy atom. The number of benzene rings is 1. The Bertz CT molecular complexity index is 1250. The maximum atomic E-state index is 13.3. The fourth-order valence-electron chi connectivity index (χ4n) is 3.17. The molecule has 2 amide bonds. The first-order chi connectivity index (χ1) is 15.0. The van der Waals surface area contributed by atoms with Crippen molar-refractivity contribution in [1.82, 2.24) is 30.4 Å². The summed E-state index contributed by atoms with van der Waals surface area (Å²) in [5, 5.41) is 12.8. The lowest BCUT2D eigenvalue weighted by Crippen LogP contribution is -2.28. The summed E-state index contributed by atoms with van der Waals surface area (Å²) in [7, 11) is 1.54. The number of hydrogen-bond acceptors (Lipinski definition) is 6. The predicted molar refractivity (Wildman–Crippen MR) is 115 cm³/mol. The average molecular weight is 438 g/mol. The topological polar surface area (TPSA) is 102 Å². The summed E-state index contributed by atoms with van der Waals surface area (Å²) in [6, 6.07) is 5.56. The van der Waals surface area contributed by atoms with Crippen molar-refractivity contribution < 1.29 is 14.0 Å². The molecule has 1 atom stereocenters. The third-order valence-corrected chi connectivity index (χ3v) is 5.76. The molecule has 4 aromatic rings. The van der Waals surface area contributed by atoms with E-state index in [1.54, 1.807) is 41.6 Å². The van der Waals surface area contributed by atoms with Gasteiger partial charge >= 0.3 is 0 Å². The van der Waals surface area contributed by atoms with Gasteiger partial charge in [0.05, 0.1) is 35.2 Å². The van der Waals surface area contributed by atoms with E-state index in [1.807, 2.05) is 6.92 Å². The van der Waals surface area contributed by atoms with E-state index in [1.165, 1.54) is 29.7 Å². The second-order valence-electron chi connectivity index (χ2n) is 6.74. The van der Waals surface area contributed by atoms with Crippen molar-refractivity contribution in [1.29, 1.82) is 0 Å². The van der Waals surface area contributed by atoms with Gasteiger partial charge in [-0.15, -0.1) is 11.3 Å². The average Bonchev–Trinajstić information content (AvgIpc) is 3.45. The van der Waals surface area contributed by atoms with E-state index in [-0.39, 0.29) is 23.7 Å². The smallest absolute Gasteiger partial charge is 0.270 e. The quantitative estimate of drug-likeness (QED) is 0.481. The van der Waals surface area contributed by atoms with Crippen molar-refractivity contribution in [3.8, 4) is 5.69 Å². The molecule has 0 bridgehead atoms. The van der Waals surface area contributed by atoms with Crippen molar-refractivity contribution in [3.05, 3.63) is 70.3 Å². The largest absolute Gasteiger partial charge is 0.354 e. The Morgan fingerprint density at radius 1 is 1.16 bits per heavy atom. The van der Waals surface area contributed by atoms with Crippen LogP contribution in [0.5, 0.6) is 0 Å². The van der Waals surface area contributed by atoms with Crippen LogP contribution in [0.15, 0.2) is 48.2 Å². The van der Waals surface area contributed by atoms with Gasteiger partial charge in [0.2, 0.25) is 0 Å². The summed E-state index contributed by atoms with van der Waals surface area (Å²) < 4.78 is 14.9. The molecule has 10 heteroatoms. The van der Waals surface area contributed by atoms with Gasteiger partial charge in [-0.25, -0.2) is 14.1 Å². The molecule has 2 N–H and O–H groups in total. The molecule has 8 nitrogen and oxygen atoms in total. The highest BCUT2D eigenvalue weighted by Gasteiger charge is 2.21. The Morgan fingerprint density at radius 2 is 1.94 bits per heavy atom. The molecule has 3 aromatic heterocycles. The second kappa shape index (κ2) is 8.60. The molecule has 31 heavy (non-hydrogen) atoms. The van der Waals surface area contributed by atoms with Crippen molar-refractivity contribution in [2.24, 2.45) is 0 Å². The Hall–Kier alpha value is -3.66. The van der Waals surface area contributed by atoms with E-state index < -0.39 is 0 Å². The molecule has 3 heterocycles. The van der Waals surface area contributed by atoms with Crippen LogP contribution in [0.4, 0.5) is 4.39 Å². The third kappa shape index (κ3) is 4.02. The Labute approximate surface area is 181 Å². The number of pyridine rings is 1. The fourth-order valence-corrected chi connectivity index (χ4v) is 4.10. The zero-order valence-electron chi connectivity index (χ0n) is 16.8. The molecule has 1 aromatic carbocycles. The minimum Gasteiger partial charge on any atom is -0.354 e. The minimum atomic E-state index is -0.349. The predicted octanol–water partition coefficient (Wildman–Crippen LogP) is 3.26. The highest BCUT2D eigenvalue weighted by Crippen LogP contribution is 2.24. The molecule has 1 unspecified atom stereocenters. The normalized spacial score (nSPS) is 12.0. The van der Waals surface area contributed by atoms with Gasteiger partial charge in [-0.05, 0) is 30.7 Å². The summed E-state index contributed by atoms with van der Waals surface area (Å²) in [6.45, 7) is 1.93. The molecule has 158 valence electrons. The van der Waals surface area contributed by atoms with Crippen LogP contribution in [0.3, 0.4) is 0 Å². The van der Waals surface area contributed by atoms with E-state index in [9.17, 15) is 14.0 Å². The zero-order chi connectivity index (χ0) is 22.0. The minimum absolute atomic E-state index is 0.272. The number of hydrogen-bond donors (Lipinski definition) is 2. The number of thiazole rings is 1. The van der Waals surface area contributed by atoms with Crippen LogP contribution in [0.25, 0.3) is 16.6 Å². The van der Waals surface area contributed by atoms with Crippen LogP contribution in [0.1, 0.15) is 45.2 Å². The van der Waals surface area contributed by atoms with Crippen molar-refractivity contribution >= 4 is 34.1 Å². The van der Waals surface area contributed by atoms with Crippen molar-refractivity contribution in [2.75, 3.05) is 7.05 Å². The zero-order valence-corrected chi connectivity index (χ0v) is 17.6. The lowest BCUT2D eigenvalue weighted by Gasteiger charge is -2.14. The van der Waals surface area contributed by atoms with Crippen LogP contribution in [-0.4, -0.2) is 38.6 Å². The number of carbonyl (C=O) groups excluding carboxylic acids is 2. The number of carbonyl (C=O) groups is 2. The number of nitrogens with zero attached hydrogens (tertiary/aromatic N) is 4. The summed E-state index contributed by atoms with van der Waals surface area (Å²) in [5.74, 6) is -0.933. The number of amides is 2. The number of aromatic nitrogens is 4. The summed E-state index contributed by atoms with van der Waals surface area (Å²) in [5.41, 5.74) is 1.97. The summed E-state index contributed by atoms with van der Waals surface area (Å²) >= 11 is 1.32. The number of nitrogens with one attached hydrogen (secondary N) is 2. The third-order valence-electron chi connectivity index (χ3n) is 4.81. The molecular formula is C21H19FN6O2S. The van der Waals surface area contributed by atoms with Gasteiger partial charge in [-0.3, -0.25) is 14.6 Å². The van der Waals surface area contributed by atoms with Crippen LogP contribution < -0.4 is 10.6 Å². The number of fused-ring (bicyclic) bond motifs is 1. The molecule has 0 aliphatic heterocycles. The van der Waals surface area contributed by atoms with Crippen LogP contribution in [-0.2, 0) is 0 Å². The van der Waals surface area contributed by atoms with Gasteiger partial charge in [0, 0.05) is 24.0 Å². The van der Waals surface area contributed by atoms with E-state index in [0.717, 1.165) is 0 Å². The summed E-state index contributed by atoms with van der Waals surface area (Å²) in [4.78, 5) is 33.4. The van der Waals surface area contributed by atoms with Gasteiger partial charge in [-0.1, -0.05) is 6.92 Å². The van der Waals surface area contributed by atoms with Gasteiger partial charge in [0.1, 0.15) is 16.5 Å². The molecule has 0 aliphatic carbocycles. The summed E-state index contributed by atoms with van der Waals surface area (Å²) in [6.07, 6.45) is 5.28. The second-order valence-corrected chi connectivity index (χ2v) is 7.63. The molecule has 0 saturated carbocycles. The van der Waals surface area contributed by atoms with Crippen LogP contribution in [0, 0.1) is 5.82 Å². The molecule has 4 rings (SSSR count). The molecule has 0 fully saturated rings. The van der Waals surface area contributed by atoms with Crippen molar-refractivity contribution in [2.45, 2.75) is 19.4 Å². The number of halogens is 1. The van der Waals surface area contributed by atoms with Crippen LogP contribution in [0.2, 0.25) is 0 Å². The van der Waals surface area contributed by atoms with Gasteiger partial charge in [-0.2, -0.15) is 5.10 Å². The first-order valence-electron chi connectivity index (χ1n) is 9.57. The molecule has 0 spiro atoms. The van der Waals surface area contributed by atoms with E-state index in [0.29, 0.717) is 39.3 Å². The maximum Gasteiger partial charge on any atom is 0.270 e. The van der Waals surface area contributed by atoms with Crippen molar-refractivity contribution in [3.63, 3.8) is 0 Å². The first-order valence-corrected chi connectivity index (χ1v) is 10.5. The van der Waals surface area contributed by atoms with Gasteiger partial charge in [0.25, 0.3) is 11.8 Å². The van der Waals surface area contributed by atoms with Crippen LogP contribution >= 0.6 is 11.3 Å². The number of rotatable bonds is 6. The maximum absolute atomic E-state index is 13.3. The molecule has 0 radical (unpaired) electrons. The molecule has 0 saturated heterocycles. The Balaban J connectivity index is 1.62. The highest BCUT2D eigenvalue weighted by atomic mass is 32.1. The standard InChI is InChI=1S/C21H19FN6O2S/c1-3-16(21-27-17(11-31-21)20(30)23-2)26-19(29)15-8-24-10-18-14(15)9-25-28(18)13-6-4-12(22)5-7-13/h4-11,16H,3H2,1-2H3,(H,23,30)(H,26,29). The van der Waals surface area contributed by atoms with E-state index in [2.05, 4.69) is 25.7 Å². The highest BCUT2D eigenvalue weighted by molar-refractivity contribution is 7.09. The van der Waals surface area contributed by atoms with Gasteiger partial charge < -0.3 is 10.6 Å². The fraction of sp³-hybridized carbons (Fsp3) is 0.190. The van der Waals surface area contributed by atoms with E-state index in [4.69, 9.17) is 0 Å². The monoisotopic (exact) mass is 438 g/mol. The lowest BCUT2D eigenvalue weighted by atomic mass is 10.1.